The van der Waals surface area contributed by atoms with E-state index in [4.69, 9.17) is 4.74 Å². The second-order valence-corrected chi connectivity index (χ2v) is 8.72. The number of aryl methyl sites for hydroxylation is 2. The maximum absolute atomic E-state index is 13.3. The number of methoxy groups -OCH3 is 1. The Morgan fingerprint density at radius 1 is 1.21 bits per heavy atom. The average Bonchev–Trinajstić information content (AvgIpc) is 3.09. The first-order chi connectivity index (χ1) is 14.0. The first-order valence-electron chi connectivity index (χ1n) is 9.02. The summed E-state index contributed by atoms with van der Waals surface area (Å²) < 4.78 is 7.93. The molecular weight excluding hydrogens is 454 g/mol. The van der Waals surface area contributed by atoms with E-state index in [0.29, 0.717) is 5.16 Å². The Morgan fingerprint density at radius 3 is 2.66 bits per heavy atom. The monoisotopic (exact) mass is 473 g/mol. The number of hydrogen-bond acceptors (Lipinski definition) is 6. The molecule has 2 N–H and O–H groups in total. The van der Waals surface area contributed by atoms with E-state index in [0.717, 1.165) is 32.9 Å². The lowest BCUT2D eigenvalue weighted by Crippen LogP contribution is -2.41. The SMILES string of the molecule is COc1ccc([C@H]2Nn3c(C)nnc3S[C@@H]2C(=O)Nc2ccc(C)cc2Br)cc1. The van der Waals surface area contributed by atoms with Crippen molar-refractivity contribution in [1.82, 2.24) is 14.9 Å². The fourth-order valence-corrected chi connectivity index (χ4v) is 4.86. The molecule has 0 unspecified atom stereocenters. The van der Waals surface area contributed by atoms with E-state index in [2.05, 4.69) is 36.9 Å². The maximum atomic E-state index is 13.3. The molecule has 2 heterocycles. The van der Waals surface area contributed by atoms with Gasteiger partial charge in [0.1, 0.15) is 16.8 Å². The molecule has 0 radical (unpaired) electrons. The van der Waals surface area contributed by atoms with Crippen molar-refractivity contribution in [1.29, 1.82) is 0 Å². The van der Waals surface area contributed by atoms with Crippen LogP contribution in [-0.4, -0.2) is 33.1 Å². The molecule has 0 saturated carbocycles. The Hall–Kier alpha value is -2.52. The number of thioether (sulfide) groups is 1. The number of rotatable bonds is 4. The van der Waals surface area contributed by atoms with E-state index in [1.54, 1.807) is 7.11 Å². The summed E-state index contributed by atoms with van der Waals surface area (Å²) in [5, 5.41) is 11.6. The zero-order valence-corrected chi connectivity index (χ0v) is 18.5. The third-order valence-electron chi connectivity index (χ3n) is 4.71. The van der Waals surface area contributed by atoms with E-state index in [-0.39, 0.29) is 11.9 Å². The van der Waals surface area contributed by atoms with Crippen molar-refractivity contribution >= 4 is 39.3 Å². The first kappa shape index (κ1) is 19.8. The highest BCUT2D eigenvalue weighted by atomic mass is 79.9. The molecule has 1 aliphatic heterocycles. The molecule has 29 heavy (non-hydrogen) atoms. The lowest BCUT2D eigenvalue weighted by molar-refractivity contribution is -0.116. The third-order valence-corrected chi connectivity index (χ3v) is 6.59. The third kappa shape index (κ3) is 3.97. The molecule has 1 amide bonds. The van der Waals surface area contributed by atoms with Gasteiger partial charge in [0.2, 0.25) is 11.1 Å². The van der Waals surface area contributed by atoms with Gasteiger partial charge in [0.05, 0.1) is 18.8 Å². The zero-order chi connectivity index (χ0) is 20.5. The highest BCUT2D eigenvalue weighted by Gasteiger charge is 2.37. The van der Waals surface area contributed by atoms with E-state index in [9.17, 15) is 4.79 Å². The van der Waals surface area contributed by atoms with Crippen LogP contribution in [0.25, 0.3) is 0 Å². The van der Waals surface area contributed by atoms with E-state index in [1.807, 2.05) is 61.0 Å². The number of carbonyl (C=O) groups is 1. The molecule has 3 aromatic rings. The second kappa shape index (κ2) is 8.08. The van der Waals surface area contributed by atoms with E-state index in [1.165, 1.54) is 11.8 Å². The van der Waals surface area contributed by atoms with Crippen LogP contribution in [0, 0.1) is 13.8 Å². The van der Waals surface area contributed by atoms with Gasteiger partial charge in [-0.3, -0.25) is 4.79 Å². The Bertz CT molecular complexity index is 1050. The Balaban J connectivity index is 1.66. The first-order valence-corrected chi connectivity index (χ1v) is 10.7. The number of halogens is 1. The summed E-state index contributed by atoms with van der Waals surface area (Å²) in [5.41, 5.74) is 6.22. The van der Waals surface area contributed by atoms with Crippen LogP contribution in [0.1, 0.15) is 23.0 Å². The molecule has 0 aliphatic carbocycles. The minimum absolute atomic E-state index is 0.111. The molecule has 0 spiro atoms. The molecular formula is C20H20BrN5O2S. The van der Waals surface area contributed by atoms with Crippen molar-refractivity contribution in [2.75, 3.05) is 17.9 Å². The molecule has 1 aliphatic rings. The van der Waals surface area contributed by atoms with Crippen LogP contribution < -0.4 is 15.5 Å². The van der Waals surface area contributed by atoms with Gasteiger partial charge in [-0.15, -0.1) is 10.2 Å². The summed E-state index contributed by atoms with van der Waals surface area (Å²) in [6.45, 7) is 3.88. The highest BCUT2D eigenvalue weighted by Crippen LogP contribution is 2.38. The summed E-state index contributed by atoms with van der Waals surface area (Å²) >= 11 is 4.92. The van der Waals surface area contributed by atoms with Crippen molar-refractivity contribution in [2.45, 2.75) is 30.3 Å². The van der Waals surface area contributed by atoms with Crippen LogP contribution in [0.3, 0.4) is 0 Å². The average molecular weight is 474 g/mol. The number of ether oxygens (including phenoxy) is 1. The number of benzene rings is 2. The standard InChI is InChI=1S/C20H20BrN5O2S/c1-11-4-9-16(15(21)10-11)22-19(27)18-17(13-5-7-14(28-3)8-6-13)25-26-12(2)23-24-20(26)29-18/h4-10,17-18,25H,1-3H3,(H,22,27)/t17-,18+/m1/s1. The predicted molar refractivity (Wildman–Crippen MR) is 117 cm³/mol. The quantitative estimate of drug-likeness (QED) is 0.594. The van der Waals surface area contributed by atoms with Gasteiger partial charge in [-0.2, -0.15) is 0 Å². The second-order valence-electron chi connectivity index (χ2n) is 6.76. The topological polar surface area (TPSA) is 81.1 Å². The van der Waals surface area contributed by atoms with Crippen LogP contribution in [0.5, 0.6) is 5.75 Å². The van der Waals surface area contributed by atoms with Crippen LogP contribution in [0.4, 0.5) is 5.69 Å². The smallest absolute Gasteiger partial charge is 0.240 e. The lowest BCUT2D eigenvalue weighted by atomic mass is 10.0. The van der Waals surface area contributed by atoms with Crippen molar-refractivity contribution < 1.29 is 9.53 Å². The molecule has 0 fully saturated rings. The maximum Gasteiger partial charge on any atom is 0.240 e. The van der Waals surface area contributed by atoms with Gasteiger partial charge in [-0.25, -0.2) is 4.68 Å². The minimum Gasteiger partial charge on any atom is -0.497 e. The summed E-state index contributed by atoms with van der Waals surface area (Å²) in [7, 11) is 1.63. The fourth-order valence-electron chi connectivity index (χ4n) is 3.15. The number of amides is 1. The van der Waals surface area contributed by atoms with Gasteiger partial charge in [0.15, 0.2) is 0 Å². The normalized spacial score (nSPS) is 17.9. The van der Waals surface area contributed by atoms with Crippen LogP contribution >= 0.6 is 27.7 Å². The number of nitrogens with one attached hydrogen (secondary N) is 2. The van der Waals surface area contributed by atoms with Crippen molar-refractivity contribution in [2.24, 2.45) is 0 Å². The molecule has 0 bridgehead atoms. The van der Waals surface area contributed by atoms with Crippen LogP contribution in [0.15, 0.2) is 52.1 Å². The molecule has 2 atom stereocenters. The van der Waals surface area contributed by atoms with Gasteiger partial charge in [-0.05, 0) is 65.2 Å². The van der Waals surface area contributed by atoms with Gasteiger partial charge >= 0.3 is 0 Å². The van der Waals surface area contributed by atoms with Crippen molar-refractivity contribution in [3.05, 3.63) is 63.9 Å². The van der Waals surface area contributed by atoms with Crippen LogP contribution in [-0.2, 0) is 4.79 Å². The summed E-state index contributed by atoms with van der Waals surface area (Å²) in [6, 6.07) is 13.3. The van der Waals surface area contributed by atoms with Gasteiger partial charge in [-0.1, -0.05) is 30.0 Å². The number of hydrogen-bond donors (Lipinski definition) is 2. The Morgan fingerprint density at radius 2 is 1.97 bits per heavy atom. The Labute approximate surface area is 181 Å². The molecule has 1 aromatic heterocycles. The highest BCUT2D eigenvalue weighted by molar-refractivity contribution is 9.10. The molecule has 4 rings (SSSR count). The molecule has 0 saturated heterocycles. The molecule has 2 aromatic carbocycles. The predicted octanol–water partition coefficient (Wildman–Crippen LogP) is 4.06. The fraction of sp³-hybridized carbons (Fsp3) is 0.250. The molecule has 150 valence electrons. The summed E-state index contributed by atoms with van der Waals surface area (Å²) in [4.78, 5) is 13.3. The number of aromatic nitrogens is 3. The number of carbonyl (C=O) groups excluding carboxylic acids is 1. The van der Waals surface area contributed by atoms with E-state index < -0.39 is 5.25 Å². The van der Waals surface area contributed by atoms with Crippen molar-refractivity contribution in [3.63, 3.8) is 0 Å². The molecule has 7 nitrogen and oxygen atoms in total. The van der Waals surface area contributed by atoms with Crippen molar-refractivity contribution in [3.8, 4) is 5.75 Å². The zero-order valence-electron chi connectivity index (χ0n) is 16.1. The van der Waals surface area contributed by atoms with Crippen LogP contribution in [0.2, 0.25) is 0 Å². The van der Waals surface area contributed by atoms with Gasteiger partial charge < -0.3 is 15.5 Å². The van der Waals surface area contributed by atoms with Gasteiger partial charge in [0.25, 0.3) is 0 Å². The number of anilines is 1. The minimum atomic E-state index is -0.437. The summed E-state index contributed by atoms with van der Waals surface area (Å²) in [5.74, 6) is 1.40. The van der Waals surface area contributed by atoms with E-state index >= 15 is 0 Å². The summed E-state index contributed by atoms with van der Waals surface area (Å²) in [6.07, 6.45) is 0. The Kier molecular flexibility index (Phi) is 5.51. The lowest BCUT2D eigenvalue weighted by Gasteiger charge is -2.32. The largest absolute Gasteiger partial charge is 0.497 e. The molecule has 9 heteroatoms. The number of fused-ring (bicyclic) bond motifs is 1. The number of nitrogens with zero attached hydrogens (tertiary/aromatic N) is 3. The van der Waals surface area contributed by atoms with Gasteiger partial charge in [0, 0.05) is 4.47 Å².